The Morgan fingerprint density at radius 2 is 1.70 bits per heavy atom. The largest absolute Gasteiger partial charge is 0.436 e. The van der Waals surface area contributed by atoms with E-state index in [-0.39, 0.29) is 24.0 Å². The second-order valence-corrected chi connectivity index (χ2v) is 7.79. The second-order valence-electron chi connectivity index (χ2n) is 7.79. The Kier molecular flexibility index (Phi) is 5.10. The zero-order chi connectivity index (χ0) is 22.9. The fourth-order valence-electron chi connectivity index (χ4n) is 3.59. The fraction of sp³-hybridized carbons (Fsp3) is 0.120. The molecule has 0 atom stereocenters. The van der Waals surface area contributed by atoms with E-state index >= 15 is 0 Å². The number of anilines is 1. The van der Waals surface area contributed by atoms with Crippen LogP contribution in [-0.2, 0) is 11.3 Å². The van der Waals surface area contributed by atoms with Gasteiger partial charge in [0.05, 0.1) is 11.0 Å². The van der Waals surface area contributed by atoms with Crippen molar-refractivity contribution in [2.75, 3.05) is 5.32 Å². The number of ether oxygens (including phenoxy) is 1. The lowest BCUT2D eigenvalue weighted by atomic mass is 10.2. The first-order valence-corrected chi connectivity index (χ1v) is 10.5. The van der Waals surface area contributed by atoms with Gasteiger partial charge in [-0.3, -0.25) is 4.79 Å². The lowest BCUT2D eigenvalue weighted by molar-refractivity contribution is -0.117. The molecule has 0 aliphatic carbocycles. The molecule has 0 aliphatic heterocycles. The zero-order valence-corrected chi connectivity index (χ0v) is 18.1. The lowest BCUT2D eigenvalue weighted by Gasteiger charge is -2.09. The average Bonchev–Trinajstić information content (AvgIpc) is 3.13. The Morgan fingerprint density at radius 3 is 2.48 bits per heavy atom. The molecule has 0 fully saturated rings. The summed E-state index contributed by atoms with van der Waals surface area (Å²) in [6.07, 6.45) is 0. The van der Waals surface area contributed by atoms with Crippen molar-refractivity contribution in [3.63, 3.8) is 0 Å². The third-order valence-electron chi connectivity index (χ3n) is 5.30. The molecule has 8 heteroatoms. The predicted molar refractivity (Wildman–Crippen MR) is 126 cm³/mol. The molecular formula is C25H21N5O3. The van der Waals surface area contributed by atoms with Crippen molar-refractivity contribution in [2.24, 2.45) is 0 Å². The Hall–Kier alpha value is -4.46. The van der Waals surface area contributed by atoms with Crippen LogP contribution in [0.5, 0.6) is 11.6 Å². The van der Waals surface area contributed by atoms with Gasteiger partial charge in [0.2, 0.25) is 11.6 Å². The monoisotopic (exact) mass is 439 g/mol. The van der Waals surface area contributed by atoms with Crippen LogP contribution in [-0.4, -0.2) is 25.1 Å². The molecule has 8 nitrogen and oxygen atoms in total. The Bertz CT molecular complexity index is 1550. The number of nitrogens with one attached hydrogen (secondary N) is 1. The first-order chi connectivity index (χ1) is 16.0. The maximum Gasteiger partial charge on any atom is 0.351 e. The summed E-state index contributed by atoms with van der Waals surface area (Å²) < 4.78 is 8.61. The third kappa shape index (κ3) is 3.94. The number of aryl methyl sites for hydroxylation is 2. The van der Waals surface area contributed by atoms with Gasteiger partial charge in [0.15, 0.2) is 0 Å². The van der Waals surface area contributed by atoms with Crippen molar-refractivity contribution < 1.29 is 9.53 Å². The molecule has 3 aromatic carbocycles. The highest BCUT2D eigenvalue weighted by atomic mass is 16.5. The predicted octanol–water partition coefficient (Wildman–Crippen LogP) is 4.09. The highest BCUT2D eigenvalue weighted by Crippen LogP contribution is 2.28. The zero-order valence-electron chi connectivity index (χ0n) is 18.1. The van der Waals surface area contributed by atoms with Crippen LogP contribution in [0.25, 0.3) is 16.7 Å². The van der Waals surface area contributed by atoms with E-state index in [0.717, 1.165) is 15.8 Å². The minimum Gasteiger partial charge on any atom is -0.436 e. The summed E-state index contributed by atoms with van der Waals surface area (Å²) in [5.41, 5.74) is 3.62. The van der Waals surface area contributed by atoms with Gasteiger partial charge >= 0.3 is 5.69 Å². The van der Waals surface area contributed by atoms with Gasteiger partial charge in [-0.05, 0) is 49.7 Å². The Balaban J connectivity index is 1.57. The summed E-state index contributed by atoms with van der Waals surface area (Å²) >= 11 is 0. The lowest BCUT2D eigenvalue weighted by Crippen LogP contribution is -2.28. The first-order valence-electron chi connectivity index (χ1n) is 10.5. The number of carbonyl (C=O) groups excluding carboxylic acids is 1. The van der Waals surface area contributed by atoms with Gasteiger partial charge in [-0.15, -0.1) is 5.10 Å². The molecule has 0 aliphatic rings. The van der Waals surface area contributed by atoms with E-state index in [2.05, 4.69) is 15.4 Å². The van der Waals surface area contributed by atoms with Gasteiger partial charge in [-0.1, -0.05) is 48.0 Å². The van der Waals surface area contributed by atoms with Crippen molar-refractivity contribution in [2.45, 2.75) is 20.4 Å². The van der Waals surface area contributed by atoms with Gasteiger partial charge in [-0.25, -0.2) is 18.9 Å². The molecule has 2 heterocycles. The fourth-order valence-corrected chi connectivity index (χ4v) is 3.59. The van der Waals surface area contributed by atoms with E-state index in [9.17, 15) is 9.59 Å². The van der Waals surface area contributed by atoms with Gasteiger partial charge in [-0.2, -0.15) is 0 Å². The SMILES string of the molecule is Cc1ccc(NC(=O)Cn2nc3c(Oc4ccccc4C)nc4ccccc4n3c2=O)cc1. The molecule has 0 radical (unpaired) electrons. The van der Waals surface area contributed by atoms with Gasteiger partial charge in [0.1, 0.15) is 12.3 Å². The number of fused-ring (bicyclic) bond motifs is 3. The number of benzene rings is 3. The Labute approximate surface area is 189 Å². The summed E-state index contributed by atoms with van der Waals surface area (Å²) in [6.45, 7) is 3.65. The highest BCUT2D eigenvalue weighted by Gasteiger charge is 2.19. The summed E-state index contributed by atoms with van der Waals surface area (Å²) in [6, 6.07) is 22.2. The van der Waals surface area contributed by atoms with Crippen LogP contribution in [0.2, 0.25) is 0 Å². The highest BCUT2D eigenvalue weighted by molar-refractivity contribution is 5.90. The first kappa shape index (κ1) is 20.4. The van der Waals surface area contributed by atoms with Crippen molar-refractivity contribution in [1.29, 1.82) is 0 Å². The van der Waals surface area contributed by atoms with Crippen LogP contribution < -0.4 is 15.7 Å². The molecule has 1 amide bonds. The number of para-hydroxylation sites is 3. The van der Waals surface area contributed by atoms with E-state index < -0.39 is 5.69 Å². The number of aromatic nitrogens is 4. The van der Waals surface area contributed by atoms with E-state index in [1.165, 1.54) is 4.40 Å². The summed E-state index contributed by atoms with van der Waals surface area (Å²) in [5.74, 6) is 0.446. The van der Waals surface area contributed by atoms with E-state index in [0.29, 0.717) is 22.5 Å². The van der Waals surface area contributed by atoms with Crippen molar-refractivity contribution in [1.82, 2.24) is 19.2 Å². The normalized spacial score (nSPS) is 11.1. The summed E-state index contributed by atoms with van der Waals surface area (Å²) in [5, 5.41) is 7.20. The molecule has 5 rings (SSSR count). The molecule has 5 aromatic rings. The summed E-state index contributed by atoms with van der Waals surface area (Å²) in [7, 11) is 0. The molecule has 0 spiro atoms. The number of hydrogen-bond acceptors (Lipinski definition) is 5. The third-order valence-corrected chi connectivity index (χ3v) is 5.30. The molecule has 0 saturated carbocycles. The minimum atomic E-state index is -0.447. The molecule has 0 bridgehead atoms. The maximum atomic E-state index is 13.2. The molecule has 164 valence electrons. The van der Waals surface area contributed by atoms with Crippen LogP contribution >= 0.6 is 0 Å². The summed E-state index contributed by atoms with van der Waals surface area (Å²) in [4.78, 5) is 30.5. The molecule has 1 N–H and O–H groups in total. The molecule has 0 saturated heterocycles. The Morgan fingerprint density at radius 1 is 0.970 bits per heavy atom. The van der Waals surface area contributed by atoms with Crippen molar-refractivity contribution >= 4 is 28.3 Å². The number of hydrogen-bond donors (Lipinski definition) is 1. The van der Waals surface area contributed by atoms with Crippen molar-refractivity contribution in [3.8, 4) is 11.6 Å². The van der Waals surface area contributed by atoms with Gasteiger partial charge < -0.3 is 10.1 Å². The minimum absolute atomic E-state index is 0.192. The molecular weight excluding hydrogens is 418 g/mol. The van der Waals surface area contributed by atoms with E-state index in [1.807, 2.05) is 74.5 Å². The average molecular weight is 439 g/mol. The van der Waals surface area contributed by atoms with Gasteiger partial charge in [0.25, 0.3) is 5.88 Å². The number of nitrogens with zero attached hydrogens (tertiary/aromatic N) is 4. The van der Waals surface area contributed by atoms with Crippen LogP contribution in [0.15, 0.2) is 77.6 Å². The number of carbonyl (C=O) groups is 1. The number of amides is 1. The number of rotatable bonds is 5. The van der Waals surface area contributed by atoms with Crippen molar-refractivity contribution in [3.05, 3.63) is 94.4 Å². The molecule has 2 aromatic heterocycles. The standard InChI is InChI=1S/C25H21N5O3/c1-16-11-13-18(14-12-16)26-22(31)15-29-25(32)30-20-9-5-4-8-19(20)27-24(23(30)28-29)33-21-10-6-3-7-17(21)2/h3-14H,15H2,1-2H3,(H,26,31). The van der Waals surface area contributed by atoms with Crippen LogP contribution in [0.4, 0.5) is 5.69 Å². The van der Waals surface area contributed by atoms with Crippen LogP contribution in [0.3, 0.4) is 0 Å². The smallest absolute Gasteiger partial charge is 0.351 e. The van der Waals surface area contributed by atoms with E-state index in [1.54, 1.807) is 12.1 Å². The quantitative estimate of drug-likeness (QED) is 0.445. The molecule has 0 unspecified atom stereocenters. The van der Waals surface area contributed by atoms with Crippen LogP contribution in [0, 0.1) is 13.8 Å². The maximum absolute atomic E-state index is 13.2. The van der Waals surface area contributed by atoms with Gasteiger partial charge in [0, 0.05) is 5.69 Å². The molecule has 33 heavy (non-hydrogen) atoms. The van der Waals surface area contributed by atoms with Crippen LogP contribution in [0.1, 0.15) is 11.1 Å². The topological polar surface area (TPSA) is 90.5 Å². The van der Waals surface area contributed by atoms with E-state index in [4.69, 9.17) is 4.74 Å². The second kappa shape index (κ2) is 8.23.